The van der Waals surface area contributed by atoms with Crippen molar-refractivity contribution in [2.45, 2.75) is 19.8 Å². The molecule has 8 heteroatoms. The van der Waals surface area contributed by atoms with Crippen LogP contribution in [0.1, 0.15) is 25.3 Å². The van der Waals surface area contributed by atoms with Crippen molar-refractivity contribution in [3.05, 3.63) is 22.4 Å². The van der Waals surface area contributed by atoms with E-state index >= 15 is 0 Å². The first kappa shape index (κ1) is 22.2. The minimum Gasteiger partial charge on any atom is -0.356 e. The molecule has 6 nitrogen and oxygen atoms in total. The second-order valence-corrected chi connectivity index (χ2v) is 6.97. The molecule has 1 aliphatic heterocycles. The molecule has 0 aliphatic carbocycles. The number of carbonyl (C=O) groups is 1. The summed E-state index contributed by atoms with van der Waals surface area (Å²) >= 11 is 1.74. The fraction of sp³-hybridized carbons (Fsp3) is 0.647. The highest BCUT2D eigenvalue weighted by molar-refractivity contribution is 14.0. The average molecular weight is 479 g/mol. The van der Waals surface area contributed by atoms with E-state index in [1.807, 2.05) is 4.90 Å². The van der Waals surface area contributed by atoms with Crippen LogP contribution in [-0.4, -0.2) is 74.5 Å². The quantitative estimate of drug-likeness (QED) is 0.371. The number of hydrogen-bond acceptors (Lipinski definition) is 4. The molecule has 1 fully saturated rings. The normalized spacial score (nSPS) is 16.9. The minimum atomic E-state index is 0. The molecule has 0 aromatic carbocycles. The molecule has 1 unspecified atom stereocenters. The molecule has 142 valence electrons. The number of hydrogen-bond donors (Lipinski definition) is 2. The molecule has 0 radical (unpaired) electrons. The third-order valence-electron chi connectivity index (χ3n) is 4.45. The molecule has 2 N–H and O–H groups in total. The van der Waals surface area contributed by atoms with Crippen molar-refractivity contribution < 1.29 is 4.79 Å². The first-order chi connectivity index (χ1) is 11.6. The van der Waals surface area contributed by atoms with Crippen LogP contribution in [0.25, 0.3) is 0 Å². The molecule has 1 atom stereocenters. The second-order valence-electron chi connectivity index (χ2n) is 6.19. The summed E-state index contributed by atoms with van der Waals surface area (Å²) in [5, 5.41) is 11.1. The Morgan fingerprint density at radius 2 is 2.04 bits per heavy atom. The lowest BCUT2D eigenvalue weighted by molar-refractivity contribution is -0.130. The van der Waals surface area contributed by atoms with Gasteiger partial charge in [-0.2, -0.15) is 11.3 Å². The Kier molecular flexibility index (Phi) is 10.4. The van der Waals surface area contributed by atoms with Gasteiger partial charge in [-0.15, -0.1) is 24.0 Å². The number of thiophene rings is 1. The molecule has 1 saturated heterocycles. The van der Waals surface area contributed by atoms with Gasteiger partial charge in [0.25, 0.3) is 0 Å². The van der Waals surface area contributed by atoms with Crippen molar-refractivity contribution in [2.24, 2.45) is 4.99 Å². The average Bonchev–Trinajstić information content (AvgIpc) is 3.12. The number of aliphatic imine (C=N–C) groups is 1. The molecule has 1 aromatic heterocycles. The van der Waals surface area contributed by atoms with Gasteiger partial charge < -0.3 is 15.5 Å². The van der Waals surface area contributed by atoms with Crippen LogP contribution in [0, 0.1) is 0 Å². The molecule has 1 aliphatic rings. The largest absolute Gasteiger partial charge is 0.356 e. The van der Waals surface area contributed by atoms with Gasteiger partial charge in [-0.1, -0.05) is 6.92 Å². The molecule has 2 rings (SSSR count). The highest BCUT2D eigenvalue weighted by atomic mass is 127. The lowest BCUT2D eigenvalue weighted by Gasteiger charge is -2.34. The van der Waals surface area contributed by atoms with Crippen LogP contribution < -0.4 is 10.6 Å². The second kappa shape index (κ2) is 11.7. The van der Waals surface area contributed by atoms with Crippen molar-refractivity contribution in [3.63, 3.8) is 0 Å². The molecule has 0 spiro atoms. The Morgan fingerprint density at radius 3 is 2.60 bits per heavy atom. The number of amides is 1. The maximum atomic E-state index is 11.3. The van der Waals surface area contributed by atoms with Gasteiger partial charge in [0.2, 0.25) is 5.91 Å². The van der Waals surface area contributed by atoms with E-state index in [2.05, 4.69) is 44.3 Å². The van der Waals surface area contributed by atoms with Gasteiger partial charge in [-0.3, -0.25) is 14.7 Å². The summed E-state index contributed by atoms with van der Waals surface area (Å²) in [5.41, 5.74) is 1.37. The number of rotatable bonds is 6. The highest BCUT2D eigenvalue weighted by Crippen LogP contribution is 2.16. The van der Waals surface area contributed by atoms with Gasteiger partial charge >= 0.3 is 0 Å². The highest BCUT2D eigenvalue weighted by Gasteiger charge is 2.17. The SMILES string of the molecule is CN=C(NCCN1CCN(C(C)=O)CC1)NCC(C)c1ccsc1.I. The Hall–Kier alpha value is -0.870. The van der Waals surface area contributed by atoms with Crippen molar-refractivity contribution in [1.29, 1.82) is 0 Å². The number of guanidine groups is 1. The Morgan fingerprint density at radius 1 is 1.32 bits per heavy atom. The molecule has 1 amide bonds. The standard InChI is InChI=1S/C17H29N5OS.HI/c1-14(16-4-11-24-13-16)12-20-17(18-3)19-5-6-21-7-9-22(10-8-21)15(2)23;/h4,11,13-14H,5-10,12H2,1-3H3,(H2,18,19,20);1H. The predicted octanol–water partition coefficient (Wildman–Crippen LogP) is 1.80. The molecule has 2 heterocycles. The van der Waals surface area contributed by atoms with Crippen LogP contribution in [0.15, 0.2) is 21.8 Å². The number of nitrogens with zero attached hydrogens (tertiary/aromatic N) is 3. The van der Waals surface area contributed by atoms with Crippen molar-refractivity contribution in [1.82, 2.24) is 20.4 Å². The lowest BCUT2D eigenvalue weighted by Crippen LogP contribution is -2.50. The zero-order valence-corrected chi connectivity index (χ0v) is 18.5. The monoisotopic (exact) mass is 479 g/mol. The summed E-state index contributed by atoms with van der Waals surface area (Å²) in [6.07, 6.45) is 0. The third kappa shape index (κ3) is 7.49. The summed E-state index contributed by atoms with van der Waals surface area (Å²) in [5.74, 6) is 1.49. The minimum absolute atomic E-state index is 0. The first-order valence-corrected chi connectivity index (χ1v) is 9.49. The third-order valence-corrected chi connectivity index (χ3v) is 5.15. The predicted molar refractivity (Wildman–Crippen MR) is 116 cm³/mol. The summed E-state index contributed by atoms with van der Waals surface area (Å²) in [4.78, 5) is 19.9. The zero-order valence-electron chi connectivity index (χ0n) is 15.3. The van der Waals surface area contributed by atoms with Gasteiger partial charge in [0.1, 0.15) is 0 Å². The molecular weight excluding hydrogens is 449 g/mol. The topological polar surface area (TPSA) is 60.0 Å². The molecule has 0 bridgehead atoms. The lowest BCUT2D eigenvalue weighted by atomic mass is 10.1. The van der Waals surface area contributed by atoms with E-state index in [1.54, 1.807) is 25.3 Å². The van der Waals surface area contributed by atoms with Gasteiger partial charge in [0, 0.05) is 59.8 Å². The van der Waals surface area contributed by atoms with Gasteiger partial charge in [-0.25, -0.2) is 0 Å². The van der Waals surface area contributed by atoms with Crippen molar-refractivity contribution in [3.8, 4) is 0 Å². The first-order valence-electron chi connectivity index (χ1n) is 8.54. The number of piperazine rings is 1. The summed E-state index contributed by atoms with van der Waals surface area (Å²) in [7, 11) is 1.80. The zero-order chi connectivity index (χ0) is 17.4. The number of carbonyl (C=O) groups excluding carboxylic acids is 1. The fourth-order valence-corrected chi connectivity index (χ4v) is 3.54. The van der Waals surface area contributed by atoms with Crippen LogP contribution in [0.3, 0.4) is 0 Å². The van der Waals surface area contributed by atoms with E-state index in [-0.39, 0.29) is 29.9 Å². The van der Waals surface area contributed by atoms with E-state index in [1.165, 1.54) is 5.56 Å². The molecular formula is C17H30IN5OS. The number of nitrogens with one attached hydrogen (secondary N) is 2. The molecule has 0 saturated carbocycles. The van der Waals surface area contributed by atoms with E-state index in [0.29, 0.717) is 5.92 Å². The van der Waals surface area contributed by atoms with E-state index in [9.17, 15) is 4.79 Å². The van der Waals surface area contributed by atoms with Crippen LogP contribution in [0.4, 0.5) is 0 Å². The summed E-state index contributed by atoms with van der Waals surface area (Å²) < 4.78 is 0. The van der Waals surface area contributed by atoms with Crippen LogP contribution in [-0.2, 0) is 4.79 Å². The van der Waals surface area contributed by atoms with Gasteiger partial charge in [-0.05, 0) is 28.3 Å². The van der Waals surface area contributed by atoms with Crippen LogP contribution in [0.5, 0.6) is 0 Å². The summed E-state index contributed by atoms with van der Waals surface area (Å²) in [6, 6.07) is 2.17. The Labute approximate surface area is 172 Å². The van der Waals surface area contributed by atoms with E-state index < -0.39 is 0 Å². The maximum Gasteiger partial charge on any atom is 0.219 e. The van der Waals surface area contributed by atoms with E-state index in [0.717, 1.165) is 51.8 Å². The molecule has 25 heavy (non-hydrogen) atoms. The van der Waals surface area contributed by atoms with Crippen LogP contribution >= 0.6 is 35.3 Å². The Balaban J connectivity index is 0.00000312. The van der Waals surface area contributed by atoms with E-state index in [4.69, 9.17) is 0 Å². The van der Waals surface area contributed by atoms with Crippen molar-refractivity contribution >= 4 is 47.2 Å². The van der Waals surface area contributed by atoms with Gasteiger partial charge in [0.15, 0.2) is 5.96 Å². The van der Waals surface area contributed by atoms with Crippen molar-refractivity contribution in [2.75, 3.05) is 52.9 Å². The fourth-order valence-electron chi connectivity index (χ4n) is 2.76. The van der Waals surface area contributed by atoms with Crippen LogP contribution in [0.2, 0.25) is 0 Å². The smallest absolute Gasteiger partial charge is 0.219 e. The van der Waals surface area contributed by atoms with Gasteiger partial charge in [0.05, 0.1) is 0 Å². The Bertz CT molecular complexity index is 529. The summed E-state index contributed by atoms with van der Waals surface area (Å²) in [6.45, 7) is 10.1. The molecule has 1 aromatic rings. The maximum absolute atomic E-state index is 11.3. The number of halogens is 1.